The van der Waals surface area contributed by atoms with Gasteiger partial charge in [0.1, 0.15) is 10.8 Å². The molecule has 1 aromatic carbocycles. The fourth-order valence-electron chi connectivity index (χ4n) is 2.39. The lowest BCUT2D eigenvalue weighted by Crippen LogP contribution is -2.19. The Labute approximate surface area is 168 Å². The highest BCUT2D eigenvalue weighted by Crippen LogP contribution is 2.17. The molecule has 0 saturated carbocycles. The maximum Gasteiger partial charge on any atom is 0.247 e. The summed E-state index contributed by atoms with van der Waals surface area (Å²) in [6.45, 7) is 2.13. The van der Waals surface area contributed by atoms with Crippen LogP contribution in [0.2, 0.25) is 0 Å². The van der Waals surface area contributed by atoms with E-state index in [-0.39, 0.29) is 18.2 Å². The number of carbonyl (C=O) groups is 2. The molecule has 150 valence electrons. The van der Waals surface area contributed by atoms with Crippen LogP contribution in [0.25, 0.3) is 0 Å². The van der Waals surface area contributed by atoms with Crippen molar-refractivity contribution in [2.75, 3.05) is 12.4 Å². The van der Waals surface area contributed by atoms with Gasteiger partial charge in [0.15, 0.2) is 0 Å². The van der Waals surface area contributed by atoms with Gasteiger partial charge in [-0.1, -0.05) is 49.7 Å². The van der Waals surface area contributed by atoms with Crippen molar-refractivity contribution >= 4 is 34.5 Å². The Balaban J connectivity index is 1.77. The lowest BCUT2D eigenvalue weighted by Gasteiger charge is -2.02. The molecule has 0 aliphatic carbocycles. The zero-order valence-electron chi connectivity index (χ0n) is 16.1. The largest absolute Gasteiger partial charge is 0.496 e. The van der Waals surface area contributed by atoms with E-state index in [9.17, 15) is 9.59 Å². The number of methoxy groups -OCH3 is 1. The van der Waals surface area contributed by atoms with Gasteiger partial charge in [-0.3, -0.25) is 9.59 Å². The fraction of sp³-hybridized carbons (Fsp3) is 0.421. The van der Waals surface area contributed by atoms with E-state index in [0.717, 1.165) is 31.2 Å². The number of nitrogens with zero attached hydrogens (tertiary/aromatic N) is 3. The van der Waals surface area contributed by atoms with Crippen molar-refractivity contribution in [3.8, 4) is 5.75 Å². The molecular weight excluding hydrogens is 378 g/mol. The van der Waals surface area contributed by atoms with E-state index in [1.165, 1.54) is 17.6 Å². The molecule has 0 unspecified atom stereocenters. The van der Waals surface area contributed by atoms with Gasteiger partial charge in [0.2, 0.25) is 16.9 Å². The van der Waals surface area contributed by atoms with E-state index < -0.39 is 0 Å². The number of anilines is 1. The topological polar surface area (TPSA) is 106 Å². The number of unbranched alkanes of at least 4 members (excludes halogenated alkanes) is 3. The maximum atomic E-state index is 12.0. The molecule has 0 aliphatic rings. The van der Waals surface area contributed by atoms with Gasteiger partial charge < -0.3 is 10.1 Å². The fourth-order valence-corrected chi connectivity index (χ4v) is 3.15. The van der Waals surface area contributed by atoms with Crippen LogP contribution in [-0.4, -0.2) is 35.3 Å². The van der Waals surface area contributed by atoms with Crippen LogP contribution in [-0.2, 0) is 16.0 Å². The van der Waals surface area contributed by atoms with Crippen LogP contribution in [0.5, 0.6) is 5.75 Å². The van der Waals surface area contributed by atoms with Crippen molar-refractivity contribution in [3.05, 3.63) is 34.8 Å². The van der Waals surface area contributed by atoms with Crippen LogP contribution >= 0.6 is 11.3 Å². The number of amides is 2. The summed E-state index contributed by atoms with van der Waals surface area (Å²) in [5.41, 5.74) is 3.20. The first-order chi connectivity index (χ1) is 13.6. The average molecular weight is 404 g/mol. The summed E-state index contributed by atoms with van der Waals surface area (Å²) < 4.78 is 5.21. The quantitative estimate of drug-likeness (QED) is 0.341. The molecule has 0 fully saturated rings. The predicted octanol–water partition coefficient (Wildman–Crippen LogP) is 3.15. The zero-order valence-corrected chi connectivity index (χ0v) is 16.9. The number of hydrogen-bond donors (Lipinski definition) is 2. The Hall–Kier alpha value is -2.81. The molecule has 2 aromatic rings. The number of ether oxygens (including phenoxy) is 1. The third-order valence-electron chi connectivity index (χ3n) is 3.81. The molecular formula is C19H25N5O3S. The smallest absolute Gasteiger partial charge is 0.247 e. The van der Waals surface area contributed by atoms with Crippen molar-refractivity contribution in [2.45, 2.75) is 45.4 Å². The number of nitrogens with one attached hydrogen (secondary N) is 2. The second-order valence-electron chi connectivity index (χ2n) is 6.07. The summed E-state index contributed by atoms with van der Waals surface area (Å²) in [5.74, 6) is 0.268. The van der Waals surface area contributed by atoms with Gasteiger partial charge >= 0.3 is 0 Å². The van der Waals surface area contributed by atoms with Crippen molar-refractivity contribution < 1.29 is 14.3 Å². The highest BCUT2D eigenvalue weighted by atomic mass is 32.1. The van der Waals surface area contributed by atoms with E-state index in [0.29, 0.717) is 22.3 Å². The van der Waals surface area contributed by atoms with Crippen LogP contribution in [0.3, 0.4) is 0 Å². The van der Waals surface area contributed by atoms with Crippen LogP contribution in [0, 0.1) is 0 Å². The summed E-state index contributed by atoms with van der Waals surface area (Å²) in [7, 11) is 1.57. The van der Waals surface area contributed by atoms with Gasteiger partial charge in [-0.15, -0.1) is 10.2 Å². The van der Waals surface area contributed by atoms with Crippen LogP contribution in [0.15, 0.2) is 29.4 Å². The van der Waals surface area contributed by atoms with E-state index in [1.54, 1.807) is 7.11 Å². The summed E-state index contributed by atoms with van der Waals surface area (Å²) in [6, 6.07) is 7.35. The van der Waals surface area contributed by atoms with E-state index in [4.69, 9.17) is 4.74 Å². The van der Waals surface area contributed by atoms with Crippen molar-refractivity contribution in [3.63, 3.8) is 0 Å². The van der Waals surface area contributed by atoms with Crippen molar-refractivity contribution in [2.24, 2.45) is 5.10 Å². The molecule has 0 atom stereocenters. The van der Waals surface area contributed by atoms with E-state index >= 15 is 0 Å². The van der Waals surface area contributed by atoms with Gasteiger partial charge in [0.25, 0.3) is 0 Å². The normalized spacial score (nSPS) is 10.8. The van der Waals surface area contributed by atoms with Gasteiger partial charge in [0.05, 0.1) is 19.7 Å². The monoisotopic (exact) mass is 403 g/mol. The van der Waals surface area contributed by atoms with Crippen molar-refractivity contribution in [1.29, 1.82) is 0 Å². The Bertz CT molecular complexity index is 806. The minimum atomic E-state index is -0.320. The highest BCUT2D eigenvalue weighted by molar-refractivity contribution is 7.15. The van der Waals surface area contributed by atoms with E-state index in [1.807, 2.05) is 24.3 Å². The molecule has 1 heterocycles. The second kappa shape index (κ2) is 11.8. The zero-order chi connectivity index (χ0) is 20.2. The highest BCUT2D eigenvalue weighted by Gasteiger charge is 2.11. The third-order valence-corrected chi connectivity index (χ3v) is 4.65. The van der Waals surface area contributed by atoms with Gasteiger partial charge in [0, 0.05) is 12.0 Å². The lowest BCUT2D eigenvalue weighted by molar-refractivity contribution is -0.120. The van der Waals surface area contributed by atoms with Crippen LogP contribution in [0.4, 0.5) is 5.13 Å². The SMILES string of the molecule is CCCCCCC(=O)Nc1nnc(CC(=O)N/N=C\c2ccccc2OC)s1. The third kappa shape index (κ3) is 7.43. The average Bonchev–Trinajstić information content (AvgIpc) is 3.12. The van der Waals surface area contributed by atoms with Crippen LogP contribution in [0.1, 0.15) is 49.6 Å². The van der Waals surface area contributed by atoms with Crippen LogP contribution < -0.4 is 15.5 Å². The minimum absolute atomic E-state index is 0.0350. The standard InChI is InChI=1S/C19H25N5O3S/c1-3-4-5-6-11-16(25)21-19-24-23-18(28-19)12-17(26)22-20-13-14-9-7-8-10-15(14)27-2/h7-10,13H,3-6,11-12H2,1-2H3,(H,22,26)(H,21,24,25)/b20-13-. The molecule has 0 spiro atoms. The Kier molecular flexibility index (Phi) is 9.06. The predicted molar refractivity (Wildman–Crippen MR) is 110 cm³/mol. The van der Waals surface area contributed by atoms with E-state index in [2.05, 4.69) is 33.0 Å². The summed E-state index contributed by atoms with van der Waals surface area (Å²) in [4.78, 5) is 23.8. The first kappa shape index (κ1) is 21.5. The molecule has 2 rings (SSSR count). The number of rotatable bonds is 11. The summed E-state index contributed by atoms with van der Waals surface area (Å²) in [5, 5.41) is 15.4. The number of para-hydroxylation sites is 1. The molecule has 9 heteroatoms. The molecule has 2 N–H and O–H groups in total. The van der Waals surface area contributed by atoms with Crippen molar-refractivity contribution in [1.82, 2.24) is 15.6 Å². The lowest BCUT2D eigenvalue weighted by atomic mass is 10.1. The minimum Gasteiger partial charge on any atom is -0.496 e. The Morgan fingerprint density at radius 3 is 2.79 bits per heavy atom. The summed E-state index contributed by atoms with van der Waals surface area (Å²) in [6.07, 6.45) is 6.18. The maximum absolute atomic E-state index is 12.0. The molecule has 28 heavy (non-hydrogen) atoms. The Morgan fingerprint density at radius 2 is 2.00 bits per heavy atom. The molecule has 8 nitrogen and oxygen atoms in total. The molecule has 1 aromatic heterocycles. The molecule has 0 aliphatic heterocycles. The Morgan fingerprint density at radius 1 is 1.18 bits per heavy atom. The number of aromatic nitrogens is 2. The first-order valence-electron chi connectivity index (χ1n) is 9.19. The number of carbonyl (C=O) groups excluding carboxylic acids is 2. The first-order valence-corrected chi connectivity index (χ1v) is 10.0. The molecule has 0 radical (unpaired) electrons. The molecule has 0 bridgehead atoms. The molecule has 2 amide bonds. The molecule has 0 saturated heterocycles. The second-order valence-corrected chi connectivity index (χ2v) is 7.13. The van der Waals surface area contributed by atoms with Gasteiger partial charge in [-0.2, -0.15) is 5.10 Å². The van der Waals surface area contributed by atoms with Gasteiger partial charge in [-0.05, 0) is 18.6 Å². The number of hydrogen-bond acceptors (Lipinski definition) is 7. The van der Waals surface area contributed by atoms with Gasteiger partial charge in [-0.25, -0.2) is 5.43 Å². The number of hydrazone groups is 1. The summed E-state index contributed by atoms with van der Waals surface area (Å²) >= 11 is 1.18. The number of benzene rings is 1.